The van der Waals surface area contributed by atoms with Gasteiger partial charge in [0.15, 0.2) is 0 Å². The van der Waals surface area contributed by atoms with Gasteiger partial charge in [0, 0.05) is 39.0 Å². The summed E-state index contributed by atoms with van der Waals surface area (Å²) in [6.07, 6.45) is 2.81. The first-order valence-corrected chi connectivity index (χ1v) is 9.95. The summed E-state index contributed by atoms with van der Waals surface area (Å²) in [5.41, 5.74) is 1.87. The van der Waals surface area contributed by atoms with E-state index in [2.05, 4.69) is 9.97 Å². The van der Waals surface area contributed by atoms with Gasteiger partial charge in [0.05, 0.1) is 17.3 Å². The molecule has 0 bridgehead atoms. The standard InChI is InChI=1S/C16H22N4O3S/c1-24(22,23)20-10-4-9-19(11-12-20)16(21)8-7-15-17-13-5-2-3-6-14(13)18-15/h2-3,5-6H,4,7-12H2,1H3,(H,17,18). The number of benzene rings is 1. The predicted molar refractivity (Wildman–Crippen MR) is 92.0 cm³/mol. The number of H-pyrrole nitrogens is 1. The van der Waals surface area contributed by atoms with Crippen LogP contribution in [-0.4, -0.2) is 65.9 Å². The second-order valence-corrected chi connectivity index (χ2v) is 8.08. The number of hydrogen-bond donors (Lipinski definition) is 1. The summed E-state index contributed by atoms with van der Waals surface area (Å²) >= 11 is 0. The molecule has 1 amide bonds. The van der Waals surface area contributed by atoms with Crippen molar-refractivity contribution >= 4 is 27.0 Å². The molecular formula is C16H22N4O3S. The van der Waals surface area contributed by atoms with Crippen molar-refractivity contribution < 1.29 is 13.2 Å². The van der Waals surface area contributed by atoms with Gasteiger partial charge >= 0.3 is 0 Å². The highest BCUT2D eigenvalue weighted by atomic mass is 32.2. The summed E-state index contributed by atoms with van der Waals surface area (Å²) in [6.45, 7) is 1.90. The molecule has 1 aromatic carbocycles. The fourth-order valence-electron chi connectivity index (χ4n) is 2.98. The number of hydrogen-bond acceptors (Lipinski definition) is 4. The minimum absolute atomic E-state index is 0.0470. The van der Waals surface area contributed by atoms with Crippen LogP contribution < -0.4 is 0 Å². The third-order valence-electron chi connectivity index (χ3n) is 4.29. The molecule has 130 valence electrons. The highest BCUT2D eigenvalue weighted by Crippen LogP contribution is 2.13. The van der Waals surface area contributed by atoms with E-state index in [4.69, 9.17) is 0 Å². The number of imidazole rings is 1. The minimum atomic E-state index is -3.19. The molecule has 0 unspecified atom stereocenters. The maximum absolute atomic E-state index is 12.4. The molecule has 0 spiro atoms. The van der Waals surface area contributed by atoms with Crippen molar-refractivity contribution in [2.45, 2.75) is 19.3 Å². The molecule has 2 heterocycles. The van der Waals surface area contributed by atoms with Crippen molar-refractivity contribution in [1.82, 2.24) is 19.2 Å². The summed E-state index contributed by atoms with van der Waals surface area (Å²) in [6, 6.07) is 7.77. The molecule has 1 fully saturated rings. The zero-order valence-electron chi connectivity index (χ0n) is 13.7. The Balaban J connectivity index is 1.57. The molecule has 1 aliphatic rings. The molecule has 0 aliphatic carbocycles. The fourth-order valence-corrected chi connectivity index (χ4v) is 3.86. The first kappa shape index (κ1) is 16.9. The molecule has 0 saturated carbocycles. The van der Waals surface area contributed by atoms with Crippen LogP contribution in [0.4, 0.5) is 0 Å². The van der Waals surface area contributed by atoms with Crippen LogP contribution in [-0.2, 0) is 21.2 Å². The first-order valence-electron chi connectivity index (χ1n) is 8.10. The quantitative estimate of drug-likeness (QED) is 0.891. The molecule has 24 heavy (non-hydrogen) atoms. The van der Waals surface area contributed by atoms with Gasteiger partial charge in [-0.1, -0.05) is 12.1 Å². The second-order valence-electron chi connectivity index (χ2n) is 6.10. The number of carbonyl (C=O) groups is 1. The second kappa shape index (κ2) is 6.90. The summed E-state index contributed by atoms with van der Waals surface area (Å²) in [7, 11) is -3.19. The Labute approximate surface area is 141 Å². The average molecular weight is 350 g/mol. The smallest absolute Gasteiger partial charge is 0.223 e. The predicted octanol–water partition coefficient (Wildman–Crippen LogP) is 0.989. The van der Waals surface area contributed by atoms with E-state index in [1.807, 2.05) is 24.3 Å². The molecule has 2 aromatic rings. The Kier molecular flexibility index (Phi) is 4.86. The van der Waals surface area contributed by atoms with Crippen molar-refractivity contribution in [3.63, 3.8) is 0 Å². The van der Waals surface area contributed by atoms with Gasteiger partial charge in [-0.2, -0.15) is 0 Å². The van der Waals surface area contributed by atoms with Gasteiger partial charge < -0.3 is 9.88 Å². The Hall–Kier alpha value is -1.93. The van der Waals surface area contributed by atoms with Gasteiger partial charge in [-0.05, 0) is 18.6 Å². The number of aromatic nitrogens is 2. The Morgan fingerprint density at radius 2 is 2.00 bits per heavy atom. The molecule has 1 aliphatic heterocycles. The summed E-state index contributed by atoms with van der Waals surface area (Å²) in [4.78, 5) is 21.9. The van der Waals surface area contributed by atoms with Gasteiger partial charge in [0.1, 0.15) is 5.82 Å². The zero-order valence-corrected chi connectivity index (χ0v) is 14.6. The minimum Gasteiger partial charge on any atom is -0.342 e. The van der Waals surface area contributed by atoms with Crippen molar-refractivity contribution in [2.24, 2.45) is 0 Å². The van der Waals surface area contributed by atoms with Crippen LogP contribution in [0.5, 0.6) is 0 Å². The lowest BCUT2D eigenvalue weighted by molar-refractivity contribution is -0.131. The Morgan fingerprint density at radius 1 is 1.21 bits per heavy atom. The van der Waals surface area contributed by atoms with Crippen LogP contribution in [0, 0.1) is 0 Å². The third kappa shape index (κ3) is 3.93. The monoisotopic (exact) mass is 350 g/mol. The Morgan fingerprint density at radius 3 is 2.75 bits per heavy atom. The molecule has 8 heteroatoms. The molecule has 1 N–H and O–H groups in total. The number of sulfonamides is 1. The number of fused-ring (bicyclic) bond motifs is 1. The van der Waals surface area contributed by atoms with Gasteiger partial charge in [-0.15, -0.1) is 0 Å². The van der Waals surface area contributed by atoms with Gasteiger partial charge in [0.2, 0.25) is 15.9 Å². The fraction of sp³-hybridized carbons (Fsp3) is 0.500. The number of amides is 1. The number of para-hydroxylation sites is 2. The number of rotatable bonds is 4. The van der Waals surface area contributed by atoms with E-state index in [0.29, 0.717) is 45.4 Å². The lowest BCUT2D eigenvalue weighted by Crippen LogP contribution is -2.37. The van der Waals surface area contributed by atoms with Crippen LogP contribution in [0.1, 0.15) is 18.7 Å². The number of aromatic amines is 1. The topological polar surface area (TPSA) is 86.4 Å². The molecule has 7 nitrogen and oxygen atoms in total. The third-order valence-corrected chi connectivity index (χ3v) is 5.59. The van der Waals surface area contributed by atoms with Crippen molar-refractivity contribution in [3.8, 4) is 0 Å². The molecule has 0 atom stereocenters. The van der Waals surface area contributed by atoms with E-state index < -0.39 is 10.0 Å². The summed E-state index contributed by atoms with van der Waals surface area (Å²) in [5.74, 6) is 0.850. The van der Waals surface area contributed by atoms with Crippen molar-refractivity contribution in [2.75, 3.05) is 32.4 Å². The highest BCUT2D eigenvalue weighted by molar-refractivity contribution is 7.88. The van der Waals surface area contributed by atoms with Crippen LogP contribution in [0.2, 0.25) is 0 Å². The molecule has 3 rings (SSSR count). The average Bonchev–Trinajstić information content (AvgIpc) is 2.77. The van der Waals surface area contributed by atoms with Gasteiger partial charge in [-0.3, -0.25) is 4.79 Å². The first-order chi connectivity index (χ1) is 11.4. The van der Waals surface area contributed by atoms with Crippen LogP contribution in [0.15, 0.2) is 24.3 Å². The zero-order chi connectivity index (χ0) is 17.2. The van der Waals surface area contributed by atoms with E-state index in [9.17, 15) is 13.2 Å². The normalized spacial score (nSPS) is 17.1. The van der Waals surface area contributed by atoms with Crippen molar-refractivity contribution in [3.05, 3.63) is 30.1 Å². The van der Waals surface area contributed by atoms with Crippen LogP contribution in [0.3, 0.4) is 0 Å². The van der Waals surface area contributed by atoms with Gasteiger partial charge in [-0.25, -0.2) is 17.7 Å². The number of aryl methyl sites for hydroxylation is 1. The molecular weight excluding hydrogens is 328 g/mol. The molecule has 1 aromatic heterocycles. The lowest BCUT2D eigenvalue weighted by atomic mass is 10.2. The number of nitrogens with zero attached hydrogens (tertiary/aromatic N) is 3. The number of nitrogens with one attached hydrogen (secondary N) is 1. The van der Waals surface area contributed by atoms with E-state index in [0.717, 1.165) is 16.9 Å². The lowest BCUT2D eigenvalue weighted by Gasteiger charge is -2.20. The SMILES string of the molecule is CS(=O)(=O)N1CCCN(C(=O)CCc2nc3ccccc3[nH]2)CC1. The van der Waals surface area contributed by atoms with Crippen molar-refractivity contribution in [1.29, 1.82) is 0 Å². The van der Waals surface area contributed by atoms with Crippen LogP contribution in [0.25, 0.3) is 11.0 Å². The molecule has 1 saturated heterocycles. The van der Waals surface area contributed by atoms with E-state index in [1.54, 1.807) is 4.90 Å². The summed E-state index contributed by atoms with van der Waals surface area (Å²) < 4.78 is 24.7. The summed E-state index contributed by atoms with van der Waals surface area (Å²) in [5, 5.41) is 0. The highest BCUT2D eigenvalue weighted by Gasteiger charge is 2.23. The molecule has 0 radical (unpaired) electrons. The Bertz CT molecular complexity index is 798. The number of carbonyl (C=O) groups excluding carboxylic acids is 1. The maximum Gasteiger partial charge on any atom is 0.223 e. The van der Waals surface area contributed by atoms with E-state index >= 15 is 0 Å². The van der Waals surface area contributed by atoms with E-state index in [-0.39, 0.29) is 5.91 Å². The van der Waals surface area contributed by atoms with E-state index in [1.165, 1.54) is 10.6 Å². The van der Waals surface area contributed by atoms with Crippen LogP contribution >= 0.6 is 0 Å². The largest absolute Gasteiger partial charge is 0.342 e. The maximum atomic E-state index is 12.4. The van der Waals surface area contributed by atoms with Gasteiger partial charge in [0.25, 0.3) is 0 Å².